The Kier molecular flexibility index (Phi) is 4.33. The Morgan fingerprint density at radius 2 is 2.19 bits per heavy atom. The number of nitrogens with one attached hydrogen (secondary N) is 1. The van der Waals surface area contributed by atoms with Gasteiger partial charge < -0.3 is 14.8 Å². The predicted molar refractivity (Wildman–Crippen MR) is 80.8 cm³/mol. The van der Waals surface area contributed by atoms with Gasteiger partial charge in [0.2, 0.25) is 0 Å². The van der Waals surface area contributed by atoms with Crippen LogP contribution in [0, 0.1) is 12.8 Å². The van der Waals surface area contributed by atoms with E-state index in [0.717, 1.165) is 31.8 Å². The van der Waals surface area contributed by atoms with E-state index >= 15 is 0 Å². The molecule has 1 aromatic heterocycles. The molecule has 5 nitrogen and oxygen atoms in total. The average Bonchev–Trinajstić information content (AvgIpc) is 3.01. The number of ether oxygens (including phenoxy) is 2. The van der Waals surface area contributed by atoms with Gasteiger partial charge in [0.15, 0.2) is 5.79 Å². The monoisotopic (exact) mass is 293 g/mol. The van der Waals surface area contributed by atoms with Crippen molar-refractivity contribution in [1.82, 2.24) is 15.1 Å². The van der Waals surface area contributed by atoms with Crippen molar-refractivity contribution in [2.75, 3.05) is 13.2 Å². The summed E-state index contributed by atoms with van der Waals surface area (Å²) in [5, 5.41) is 7.73. The number of rotatable bonds is 4. The highest BCUT2D eigenvalue weighted by molar-refractivity contribution is 5.15. The Bertz CT molecular complexity index is 478. The number of nitrogens with zero attached hydrogens (tertiary/aromatic N) is 2. The zero-order chi connectivity index (χ0) is 14.9. The molecule has 1 aliphatic carbocycles. The van der Waals surface area contributed by atoms with E-state index in [4.69, 9.17) is 9.47 Å². The first-order valence-electron chi connectivity index (χ1n) is 8.08. The lowest BCUT2D eigenvalue weighted by atomic mass is 9.86. The number of aryl methyl sites for hydroxylation is 1. The van der Waals surface area contributed by atoms with Crippen LogP contribution in [0.15, 0.2) is 6.20 Å². The summed E-state index contributed by atoms with van der Waals surface area (Å²) < 4.78 is 14.1. The predicted octanol–water partition coefficient (Wildman–Crippen LogP) is 2.14. The van der Waals surface area contributed by atoms with Gasteiger partial charge in [0.25, 0.3) is 0 Å². The van der Waals surface area contributed by atoms with Crippen molar-refractivity contribution in [2.45, 2.75) is 58.0 Å². The van der Waals surface area contributed by atoms with Crippen molar-refractivity contribution in [3.63, 3.8) is 0 Å². The second kappa shape index (κ2) is 6.07. The summed E-state index contributed by atoms with van der Waals surface area (Å²) in [6, 6.07) is 0. The van der Waals surface area contributed by atoms with Crippen LogP contribution < -0.4 is 5.32 Å². The summed E-state index contributed by atoms with van der Waals surface area (Å²) in [6.45, 7) is 6.80. The van der Waals surface area contributed by atoms with E-state index in [1.165, 1.54) is 24.1 Å². The molecule has 21 heavy (non-hydrogen) atoms. The molecule has 1 spiro atoms. The fourth-order valence-corrected chi connectivity index (χ4v) is 3.27. The lowest BCUT2D eigenvalue weighted by Gasteiger charge is -2.34. The van der Waals surface area contributed by atoms with Crippen LogP contribution in [0.3, 0.4) is 0 Å². The van der Waals surface area contributed by atoms with Crippen molar-refractivity contribution < 1.29 is 9.47 Å². The van der Waals surface area contributed by atoms with E-state index in [0.29, 0.717) is 6.61 Å². The number of hydrogen-bond acceptors (Lipinski definition) is 4. The molecular formula is C16H27N3O2. The lowest BCUT2D eigenvalue weighted by molar-refractivity contribution is -0.191. The van der Waals surface area contributed by atoms with Crippen molar-refractivity contribution >= 4 is 0 Å². The Morgan fingerprint density at radius 1 is 1.43 bits per heavy atom. The maximum absolute atomic E-state index is 6.21. The van der Waals surface area contributed by atoms with Crippen LogP contribution in [0.1, 0.15) is 43.9 Å². The second-order valence-electron chi connectivity index (χ2n) is 6.65. The number of hydrogen-bond donors (Lipinski definition) is 1. The molecule has 2 aliphatic rings. The van der Waals surface area contributed by atoms with Gasteiger partial charge in [-0.2, -0.15) is 5.10 Å². The molecule has 2 heterocycles. The van der Waals surface area contributed by atoms with E-state index in [1.54, 1.807) is 0 Å². The van der Waals surface area contributed by atoms with Gasteiger partial charge in [0.05, 0.1) is 18.9 Å². The summed E-state index contributed by atoms with van der Waals surface area (Å²) in [5.41, 5.74) is 2.46. The largest absolute Gasteiger partial charge is 0.347 e. The first-order valence-corrected chi connectivity index (χ1v) is 8.08. The minimum Gasteiger partial charge on any atom is -0.347 e. The average molecular weight is 293 g/mol. The Labute approximate surface area is 127 Å². The van der Waals surface area contributed by atoms with Gasteiger partial charge >= 0.3 is 0 Å². The first-order chi connectivity index (χ1) is 10.1. The fourth-order valence-electron chi connectivity index (χ4n) is 3.27. The van der Waals surface area contributed by atoms with Gasteiger partial charge in [-0.3, -0.25) is 4.68 Å². The van der Waals surface area contributed by atoms with Gasteiger partial charge in [-0.1, -0.05) is 6.92 Å². The van der Waals surface area contributed by atoms with Crippen LogP contribution in [-0.2, 0) is 23.1 Å². The van der Waals surface area contributed by atoms with E-state index in [1.807, 2.05) is 17.9 Å². The molecule has 3 rings (SSSR count). The van der Waals surface area contributed by atoms with E-state index < -0.39 is 0 Å². The molecule has 0 aromatic carbocycles. The number of aromatic nitrogens is 2. The fraction of sp³-hybridized carbons (Fsp3) is 0.812. The van der Waals surface area contributed by atoms with Crippen LogP contribution in [0.2, 0.25) is 0 Å². The summed E-state index contributed by atoms with van der Waals surface area (Å²) in [6.07, 6.45) is 6.64. The molecule has 1 aliphatic heterocycles. The van der Waals surface area contributed by atoms with Gasteiger partial charge in [0, 0.05) is 44.2 Å². The Morgan fingerprint density at radius 3 is 2.86 bits per heavy atom. The molecule has 2 fully saturated rings. The van der Waals surface area contributed by atoms with Crippen LogP contribution >= 0.6 is 0 Å². The van der Waals surface area contributed by atoms with E-state index in [9.17, 15) is 0 Å². The third kappa shape index (κ3) is 3.30. The Balaban J connectivity index is 1.44. The highest BCUT2D eigenvalue weighted by Gasteiger charge is 2.43. The Hall–Kier alpha value is -0.910. The quantitative estimate of drug-likeness (QED) is 0.924. The minimum atomic E-state index is -0.275. The molecular weight excluding hydrogens is 266 g/mol. The summed E-state index contributed by atoms with van der Waals surface area (Å²) in [4.78, 5) is 0. The van der Waals surface area contributed by atoms with Crippen molar-refractivity contribution in [1.29, 1.82) is 0 Å². The topological polar surface area (TPSA) is 48.3 Å². The highest BCUT2D eigenvalue weighted by atomic mass is 16.7. The molecule has 0 unspecified atom stereocenters. The molecule has 0 amide bonds. The third-order valence-electron chi connectivity index (χ3n) is 4.97. The highest BCUT2D eigenvalue weighted by Crippen LogP contribution is 2.39. The normalized spacial score (nSPS) is 32.9. The van der Waals surface area contributed by atoms with Gasteiger partial charge in [-0.05, 0) is 25.7 Å². The van der Waals surface area contributed by atoms with E-state index in [-0.39, 0.29) is 11.9 Å². The first kappa shape index (κ1) is 15.0. The summed E-state index contributed by atoms with van der Waals surface area (Å²) >= 11 is 0. The SMILES string of the molecule is Cc1c(CNC[C@H]2COC3(CCC(C)CC3)O2)cnn1C. The lowest BCUT2D eigenvalue weighted by Crippen LogP contribution is -2.37. The molecule has 1 aromatic rings. The van der Waals surface area contributed by atoms with Crippen LogP contribution in [-0.4, -0.2) is 34.8 Å². The molecule has 1 atom stereocenters. The molecule has 0 bridgehead atoms. The molecule has 0 radical (unpaired) electrons. The molecule has 1 saturated heterocycles. The summed E-state index contributed by atoms with van der Waals surface area (Å²) in [7, 11) is 1.97. The van der Waals surface area contributed by atoms with Crippen LogP contribution in [0.4, 0.5) is 0 Å². The van der Waals surface area contributed by atoms with Crippen LogP contribution in [0.5, 0.6) is 0 Å². The maximum Gasteiger partial charge on any atom is 0.168 e. The maximum atomic E-state index is 6.21. The summed E-state index contributed by atoms with van der Waals surface area (Å²) in [5.74, 6) is 0.539. The van der Waals surface area contributed by atoms with E-state index in [2.05, 4.69) is 24.3 Å². The van der Waals surface area contributed by atoms with Crippen molar-refractivity contribution in [3.8, 4) is 0 Å². The van der Waals surface area contributed by atoms with Crippen LogP contribution in [0.25, 0.3) is 0 Å². The minimum absolute atomic E-state index is 0.176. The van der Waals surface area contributed by atoms with Gasteiger partial charge in [-0.25, -0.2) is 0 Å². The zero-order valence-corrected chi connectivity index (χ0v) is 13.4. The standard InChI is InChI=1S/C16H27N3O2/c1-12-4-6-16(7-5-12)20-11-15(21-16)10-17-8-14-9-18-19(3)13(14)2/h9,12,15,17H,4-8,10-11H2,1-3H3/t12?,15-,16?/m0/s1. The molecule has 5 heteroatoms. The van der Waals surface area contributed by atoms with Gasteiger partial charge in [0.1, 0.15) is 0 Å². The molecule has 118 valence electrons. The van der Waals surface area contributed by atoms with Crippen molar-refractivity contribution in [2.24, 2.45) is 13.0 Å². The second-order valence-corrected chi connectivity index (χ2v) is 6.65. The third-order valence-corrected chi connectivity index (χ3v) is 4.97. The van der Waals surface area contributed by atoms with Gasteiger partial charge in [-0.15, -0.1) is 0 Å². The van der Waals surface area contributed by atoms with Crippen molar-refractivity contribution in [3.05, 3.63) is 17.5 Å². The smallest absolute Gasteiger partial charge is 0.168 e. The molecule has 1 saturated carbocycles. The zero-order valence-electron chi connectivity index (χ0n) is 13.4. The molecule has 1 N–H and O–H groups in total.